The van der Waals surface area contributed by atoms with Gasteiger partial charge in [0.25, 0.3) is 0 Å². The van der Waals surface area contributed by atoms with Crippen LogP contribution in [0.5, 0.6) is 0 Å². The van der Waals surface area contributed by atoms with Crippen LogP contribution in [0, 0.1) is 0 Å². The highest BCUT2D eigenvalue weighted by molar-refractivity contribution is 7.15. The number of benzene rings is 2. The molecule has 0 aliphatic heterocycles. The third kappa shape index (κ3) is 4.07. The molecule has 0 atom stereocenters. The van der Waals surface area contributed by atoms with E-state index in [2.05, 4.69) is 10.3 Å². The SMILES string of the molecule is FC(F)(F)c1cccc(-c2ccc(NCc3cnc(Cl)s3)cc2)c1. The number of alkyl halides is 3. The molecule has 1 aromatic heterocycles. The molecule has 0 spiro atoms. The van der Waals surface area contributed by atoms with E-state index in [0.29, 0.717) is 16.6 Å². The molecule has 0 aliphatic carbocycles. The van der Waals surface area contributed by atoms with Gasteiger partial charge in [-0.15, -0.1) is 11.3 Å². The molecule has 0 aliphatic rings. The van der Waals surface area contributed by atoms with E-state index in [1.165, 1.54) is 17.4 Å². The van der Waals surface area contributed by atoms with E-state index < -0.39 is 11.7 Å². The van der Waals surface area contributed by atoms with Crippen LogP contribution >= 0.6 is 22.9 Å². The van der Waals surface area contributed by atoms with Crippen molar-refractivity contribution in [3.8, 4) is 11.1 Å². The predicted octanol–water partition coefficient (Wildman–Crippen LogP) is 6.09. The van der Waals surface area contributed by atoms with Gasteiger partial charge in [0.15, 0.2) is 4.47 Å². The van der Waals surface area contributed by atoms with Crippen LogP contribution in [0.1, 0.15) is 10.4 Å². The highest BCUT2D eigenvalue weighted by Gasteiger charge is 2.30. The quantitative estimate of drug-likeness (QED) is 0.602. The molecule has 2 nitrogen and oxygen atoms in total. The number of anilines is 1. The Balaban J connectivity index is 1.72. The van der Waals surface area contributed by atoms with Gasteiger partial charge in [-0.25, -0.2) is 4.98 Å². The van der Waals surface area contributed by atoms with Crippen molar-refractivity contribution < 1.29 is 13.2 Å². The average Bonchev–Trinajstić information content (AvgIpc) is 2.98. The molecule has 0 saturated carbocycles. The number of aromatic nitrogens is 1. The summed E-state index contributed by atoms with van der Waals surface area (Å²) in [5, 5.41) is 3.22. The lowest BCUT2D eigenvalue weighted by atomic mass is 10.0. The first kappa shape index (κ1) is 16.8. The zero-order valence-corrected chi connectivity index (χ0v) is 13.8. The highest BCUT2D eigenvalue weighted by atomic mass is 35.5. The Morgan fingerprint density at radius 1 is 1.04 bits per heavy atom. The third-order valence-electron chi connectivity index (χ3n) is 3.40. The first-order valence-electron chi connectivity index (χ1n) is 7.03. The molecule has 0 bridgehead atoms. The molecular weight excluding hydrogens is 357 g/mol. The van der Waals surface area contributed by atoms with Gasteiger partial charge in [-0.05, 0) is 35.4 Å². The molecule has 124 valence electrons. The Bertz CT molecular complexity index is 828. The summed E-state index contributed by atoms with van der Waals surface area (Å²) in [6, 6.07) is 12.5. The summed E-state index contributed by atoms with van der Waals surface area (Å²) in [7, 11) is 0. The Morgan fingerprint density at radius 2 is 1.79 bits per heavy atom. The molecule has 0 amide bonds. The van der Waals surface area contributed by atoms with Crippen LogP contribution in [0.2, 0.25) is 4.47 Å². The van der Waals surface area contributed by atoms with Crippen LogP contribution < -0.4 is 5.32 Å². The first-order valence-corrected chi connectivity index (χ1v) is 8.23. The molecule has 3 rings (SSSR count). The number of rotatable bonds is 4. The van der Waals surface area contributed by atoms with Crippen LogP contribution in [0.3, 0.4) is 0 Å². The van der Waals surface area contributed by atoms with Crippen LogP contribution in [-0.2, 0) is 12.7 Å². The number of nitrogens with one attached hydrogen (secondary N) is 1. The average molecular weight is 369 g/mol. The summed E-state index contributed by atoms with van der Waals surface area (Å²) in [6.07, 6.45) is -2.63. The van der Waals surface area contributed by atoms with Gasteiger partial charge < -0.3 is 5.32 Å². The maximum atomic E-state index is 12.8. The molecule has 0 saturated heterocycles. The molecular formula is C17H12ClF3N2S. The Kier molecular flexibility index (Phi) is 4.78. The van der Waals surface area contributed by atoms with Crippen molar-refractivity contribution in [2.45, 2.75) is 12.7 Å². The molecule has 0 unspecified atom stereocenters. The van der Waals surface area contributed by atoms with E-state index in [1.54, 1.807) is 24.4 Å². The zero-order chi connectivity index (χ0) is 17.2. The van der Waals surface area contributed by atoms with E-state index in [9.17, 15) is 13.2 Å². The third-order valence-corrected chi connectivity index (χ3v) is 4.52. The van der Waals surface area contributed by atoms with Crippen molar-refractivity contribution in [1.82, 2.24) is 4.98 Å². The molecule has 24 heavy (non-hydrogen) atoms. The van der Waals surface area contributed by atoms with E-state index in [0.717, 1.165) is 28.3 Å². The lowest BCUT2D eigenvalue weighted by Gasteiger charge is -2.10. The molecule has 1 heterocycles. The predicted molar refractivity (Wildman–Crippen MR) is 91.3 cm³/mol. The van der Waals surface area contributed by atoms with Crippen LogP contribution in [0.4, 0.5) is 18.9 Å². The summed E-state index contributed by atoms with van der Waals surface area (Å²) < 4.78 is 38.9. The lowest BCUT2D eigenvalue weighted by molar-refractivity contribution is -0.137. The van der Waals surface area contributed by atoms with Gasteiger partial charge in [0.2, 0.25) is 0 Å². The van der Waals surface area contributed by atoms with Crippen molar-refractivity contribution in [2.75, 3.05) is 5.32 Å². The number of hydrogen-bond donors (Lipinski definition) is 1. The molecule has 7 heteroatoms. The Morgan fingerprint density at radius 3 is 2.42 bits per heavy atom. The van der Waals surface area contributed by atoms with Crippen molar-refractivity contribution in [3.05, 3.63) is 69.6 Å². The summed E-state index contributed by atoms with van der Waals surface area (Å²) in [6.45, 7) is 0.591. The second-order valence-corrected chi connectivity index (χ2v) is 6.79. The van der Waals surface area contributed by atoms with Gasteiger partial charge in [-0.1, -0.05) is 35.9 Å². The maximum Gasteiger partial charge on any atom is 0.416 e. The number of halogens is 4. The summed E-state index contributed by atoms with van der Waals surface area (Å²) >= 11 is 7.17. The number of thiazole rings is 1. The van der Waals surface area contributed by atoms with Gasteiger partial charge in [-0.3, -0.25) is 0 Å². The maximum absolute atomic E-state index is 12.8. The fourth-order valence-corrected chi connectivity index (χ4v) is 3.13. The van der Waals surface area contributed by atoms with Gasteiger partial charge in [0, 0.05) is 16.8 Å². The molecule has 0 fully saturated rings. The van der Waals surface area contributed by atoms with Crippen molar-refractivity contribution >= 4 is 28.6 Å². The van der Waals surface area contributed by atoms with Crippen molar-refractivity contribution in [1.29, 1.82) is 0 Å². The van der Waals surface area contributed by atoms with Gasteiger partial charge in [0.1, 0.15) is 0 Å². The van der Waals surface area contributed by atoms with Gasteiger partial charge in [-0.2, -0.15) is 13.2 Å². The van der Waals surface area contributed by atoms with Crippen molar-refractivity contribution in [3.63, 3.8) is 0 Å². The van der Waals surface area contributed by atoms with Crippen LogP contribution in [0.25, 0.3) is 11.1 Å². The minimum absolute atomic E-state index is 0.492. The zero-order valence-electron chi connectivity index (χ0n) is 12.3. The fraction of sp³-hybridized carbons (Fsp3) is 0.118. The van der Waals surface area contributed by atoms with Crippen molar-refractivity contribution in [2.24, 2.45) is 0 Å². The first-order chi connectivity index (χ1) is 11.4. The summed E-state index contributed by atoms with van der Waals surface area (Å²) in [5.74, 6) is 0. The Labute approximate surface area is 145 Å². The number of nitrogens with zero attached hydrogens (tertiary/aromatic N) is 1. The standard InChI is InChI=1S/C17H12ClF3N2S/c18-16-23-10-15(24-16)9-22-14-6-4-11(5-7-14)12-2-1-3-13(8-12)17(19,20)21/h1-8,10,22H,9H2. The summed E-state index contributed by atoms with van der Waals surface area (Å²) in [4.78, 5) is 4.96. The largest absolute Gasteiger partial charge is 0.416 e. The second kappa shape index (κ2) is 6.83. The second-order valence-electron chi connectivity index (χ2n) is 5.09. The van der Waals surface area contributed by atoms with E-state index in [-0.39, 0.29) is 0 Å². The summed E-state index contributed by atoms with van der Waals surface area (Å²) in [5.41, 5.74) is 1.48. The van der Waals surface area contributed by atoms with E-state index >= 15 is 0 Å². The molecule has 0 radical (unpaired) electrons. The minimum Gasteiger partial charge on any atom is -0.380 e. The smallest absolute Gasteiger partial charge is 0.380 e. The lowest BCUT2D eigenvalue weighted by Crippen LogP contribution is -2.04. The van der Waals surface area contributed by atoms with E-state index in [4.69, 9.17) is 11.6 Å². The number of hydrogen-bond acceptors (Lipinski definition) is 3. The highest BCUT2D eigenvalue weighted by Crippen LogP contribution is 2.32. The van der Waals surface area contributed by atoms with Gasteiger partial charge in [0.05, 0.1) is 12.1 Å². The minimum atomic E-state index is -4.34. The normalized spacial score (nSPS) is 11.5. The molecule has 2 aromatic carbocycles. The molecule has 1 N–H and O–H groups in total. The van der Waals surface area contributed by atoms with Crippen LogP contribution in [0.15, 0.2) is 54.7 Å². The monoisotopic (exact) mass is 368 g/mol. The van der Waals surface area contributed by atoms with E-state index in [1.807, 2.05) is 12.1 Å². The van der Waals surface area contributed by atoms with Gasteiger partial charge >= 0.3 is 6.18 Å². The molecule has 3 aromatic rings. The fourth-order valence-electron chi connectivity index (χ4n) is 2.21. The topological polar surface area (TPSA) is 24.9 Å². The van der Waals surface area contributed by atoms with Crippen LogP contribution in [-0.4, -0.2) is 4.98 Å². The Hall–Kier alpha value is -2.05.